The summed E-state index contributed by atoms with van der Waals surface area (Å²) in [6.07, 6.45) is 1.72. The third kappa shape index (κ3) is 2.84. The van der Waals surface area contributed by atoms with Crippen LogP contribution in [0.3, 0.4) is 0 Å². The standard InChI is InChI=1S/C14H16FN3/c1-18(10-12-4-2-3-5-13(12)15)14-8-11(9-16)6-7-17-14/h2-8H,9-10,16H2,1H3. The minimum Gasteiger partial charge on any atom is -0.355 e. The summed E-state index contributed by atoms with van der Waals surface area (Å²) in [6, 6.07) is 10.6. The van der Waals surface area contributed by atoms with E-state index >= 15 is 0 Å². The lowest BCUT2D eigenvalue weighted by molar-refractivity contribution is 0.607. The summed E-state index contributed by atoms with van der Waals surface area (Å²) >= 11 is 0. The molecule has 2 N–H and O–H groups in total. The smallest absolute Gasteiger partial charge is 0.128 e. The molecule has 0 aliphatic heterocycles. The van der Waals surface area contributed by atoms with Crippen LogP contribution in [-0.2, 0) is 13.1 Å². The van der Waals surface area contributed by atoms with Crippen molar-refractivity contribution in [2.75, 3.05) is 11.9 Å². The summed E-state index contributed by atoms with van der Waals surface area (Å²) in [6.45, 7) is 0.955. The Kier molecular flexibility index (Phi) is 3.89. The molecule has 3 nitrogen and oxygen atoms in total. The van der Waals surface area contributed by atoms with E-state index in [1.807, 2.05) is 30.1 Å². The number of nitrogens with two attached hydrogens (primary N) is 1. The molecule has 0 atom stereocenters. The van der Waals surface area contributed by atoms with E-state index in [-0.39, 0.29) is 5.82 Å². The van der Waals surface area contributed by atoms with Gasteiger partial charge in [0.25, 0.3) is 0 Å². The number of nitrogens with zero attached hydrogens (tertiary/aromatic N) is 2. The Bertz CT molecular complexity index is 528. The van der Waals surface area contributed by atoms with Crippen molar-refractivity contribution in [2.45, 2.75) is 13.1 Å². The van der Waals surface area contributed by atoms with Gasteiger partial charge >= 0.3 is 0 Å². The highest BCUT2D eigenvalue weighted by Gasteiger charge is 2.07. The van der Waals surface area contributed by atoms with Crippen molar-refractivity contribution in [1.82, 2.24) is 4.98 Å². The van der Waals surface area contributed by atoms with Crippen molar-refractivity contribution in [3.05, 3.63) is 59.5 Å². The van der Waals surface area contributed by atoms with E-state index in [0.29, 0.717) is 18.7 Å². The molecule has 0 saturated carbocycles. The largest absolute Gasteiger partial charge is 0.355 e. The molecule has 4 heteroatoms. The zero-order chi connectivity index (χ0) is 13.0. The van der Waals surface area contributed by atoms with Crippen LogP contribution in [0.2, 0.25) is 0 Å². The van der Waals surface area contributed by atoms with Gasteiger partial charge in [-0.15, -0.1) is 0 Å². The zero-order valence-corrected chi connectivity index (χ0v) is 10.3. The predicted molar refractivity (Wildman–Crippen MR) is 70.6 cm³/mol. The van der Waals surface area contributed by atoms with Gasteiger partial charge in [-0.25, -0.2) is 9.37 Å². The summed E-state index contributed by atoms with van der Waals surface area (Å²) < 4.78 is 13.5. The van der Waals surface area contributed by atoms with Crippen LogP contribution in [0.1, 0.15) is 11.1 Å². The van der Waals surface area contributed by atoms with Gasteiger partial charge in [0.05, 0.1) is 0 Å². The molecular formula is C14H16FN3. The van der Waals surface area contributed by atoms with Gasteiger partial charge < -0.3 is 10.6 Å². The Morgan fingerprint density at radius 2 is 2.06 bits per heavy atom. The van der Waals surface area contributed by atoms with E-state index in [2.05, 4.69) is 4.98 Å². The summed E-state index contributed by atoms with van der Waals surface area (Å²) in [5.41, 5.74) is 7.26. The average molecular weight is 245 g/mol. The monoisotopic (exact) mass is 245 g/mol. The fourth-order valence-corrected chi connectivity index (χ4v) is 1.76. The first kappa shape index (κ1) is 12.5. The quantitative estimate of drug-likeness (QED) is 0.898. The van der Waals surface area contributed by atoms with Crippen LogP contribution in [0.25, 0.3) is 0 Å². The lowest BCUT2D eigenvalue weighted by atomic mass is 10.2. The van der Waals surface area contributed by atoms with Gasteiger partial charge in [-0.2, -0.15) is 0 Å². The predicted octanol–water partition coefficient (Wildman–Crippen LogP) is 2.32. The molecule has 1 heterocycles. The molecule has 18 heavy (non-hydrogen) atoms. The molecule has 94 valence electrons. The van der Waals surface area contributed by atoms with E-state index in [4.69, 9.17) is 5.73 Å². The maximum Gasteiger partial charge on any atom is 0.128 e. The number of halogens is 1. The Balaban J connectivity index is 2.16. The third-order valence-corrected chi connectivity index (χ3v) is 2.80. The van der Waals surface area contributed by atoms with Crippen molar-refractivity contribution < 1.29 is 4.39 Å². The maximum atomic E-state index is 13.5. The van der Waals surface area contributed by atoms with E-state index < -0.39 is 0 Å². The number of aromatic nitrogens is 1. The van der Waals surface area contributed by atoms with Crippen LogP contribution < -0.4 is 10.6 Å². The first-order valence-corrected chi connectivity index (χ1v) is 5.80. The van der Waals surface area contributed by atoms with Crippen molar-refractivity contribution in [3.63, 3.8) is 0 Å². The summed E-state index contributed by atoms with van der Waals surface area (Å²) in [7, 11) is 1.88. The molecule has 0 aliphatic carbocycles. The second kappa shape index (κ2) is 5.60. The molecule has 0 saturated heterocycles. The molecular weight excluding hydrogens is 229 g/mol. The number of benzene rings is 1. The molecule has 2 rings (SSSR count). The second-order valence-electron chi connectivity index (χ2n) is 4.17. The molecule has 1 aromatic heterocycles. The lowest BCUT2D eigenvalue weighted by Gasteiger charge is -2.19. The van der Waals surface area contributed by atoms with Crippen molar-refractivity contribution in [2.24, 2.45) is 5.73 Å². The highest BCUT2D eigenvalue weighted by atomic mass is 19.1. The van der Waals surface area contributed by atoms with Gasteiger partial charge in [-0.05, 0) is 23.8 Å². The van der Waals surface area contributed by atoms with Crippen LogP contribution >= 0.6 is 0 Å². The van der Waals surface area contributed by atoms with Crippen LogP contribution in [0.15, 0.2) is 42.6 Å². The molecule has 0 unspecified atom stereocenters. The highest BCUT2D eigenvalue weighted by Crippen LogP contribution is 2.15. The van der Waals surface area contributed by atoms with Gasteiger partial charge in [-0.1, -0.05) is 18.2 Å². The Morgan fingerprint density at radius 3 is 2.78 bits per heavy atom. The molecule has 1 aromatic carbocycles. The molecule has 0 spiro atoms. The fourth-order valence-electron chi connectivity index (χ4n) is 1.76. The molecule has 0 aliphatic rings. The third-order valence-electron chi connectivity index (χ3n) is 2.80. The normalized spacial score (nSPS) is 10.4. The minimum atomic E-state index is -0.195. The Morgan fingerprint density at radius 1 is 1.28 bits per heavy atom. The highest BCUT2D eigenvalue weighted by molar-refractivity contribution is 5.41. The summed E-state index contributed by atoms with van der Waals surface area (Å²) in [5.74, 6) is 0.598. The van der Waals surface area contributed by atoms with Gasteiger partial charge in [0.15, 0.2) is 0 Å². The average Bonchev–Trinajstić information content (AvgIpc) is 2.41. The topological polar surface area (TPSA) is 42.1 Å². The summed E-state index contributed by atoms with van der Waals surface area (Å²) in [5, 5.41) is 0. The van der Waals surface area contributed by atoms with Crippen molar-refractivity contribution in [3.8, 4) is 0 Å². The fraction of sp³-hybridized carbons (Fsp3) is 0.214. The van der Waals surface area contributed by atoms with Crippen LogP contribution in [0.5, 0.6) is 0 Å². The number of rotatable bonds is 4. The van der Waals surface area contributed by atoms with E-state index in [1.165, 1.54) is 6.07 Å². The van der Waals surface area contributed by atoms with Gasteiger partial charge in [0.2, 0.25) is 0 Å². The van der Waals surface area contributed by atoms with Crippen LogP contribution in [0, 0.1) is 5.82 Å². The number of hydrogen-bond acceptors (Lipinski definition) is 3. The molecule has 0 fully saturated rings. The van der Waals surface area contributed by atoms with E-state index in [9.17, 15) is 4.39 Å². The van der Waals surface area contributed by atoms with Gasteiger partial charge in [-0.3, -0.25) is 0 Å². The zero-order valence-electron chi connectivity index (χ0n) is 10.3. The summed E-state index contributed by atoms with van der Waals surface area (Å²) in [4.78, 5) is 6.16. The molecule has 2 aromatic rings. The first-order valence-electron chi connectivity index (χ1n) is 5.80. The number of hydrogen-bond donors (Lipinski definition) is 1. The molecule has 0 bridgehead atoms. The Hall–Kier alpha value is -1.94. The number of anilines is 1. The molecule has 0 radical (unpaired) electrons. The number of pyridine rings is 1. The van der Waals surface area contributed by atoms with E-state index in [0.717, 1.165) is 11.4 Å². The first-order chi connectivity index (χ1) is 8.70. The second-order valence-corrected chi connectivity index (χ2v) is 4.17. The minimum absolute atomic E-state index is 0.195. The van der Waals surface area contributed by atoms with E-state index in [1.54, 1.807) is 18.3 Å². The van der Waals surface area contributed by atoms with Crippen molar-refractivity contribution in [1.29, 1.82) is 0 Å². The Labute approximate surface area is 106 Å². The van der Waals surface area contributed by atoms with Gasteiger partial charge in [0, 0.05) is 31.9 Å². The van der Waals surface area contributed by atoms with Crippen molar-refractivity contribution >= 4 is 5.82 Å². The van der Waals surface area contributed by atoms with Gasteiger partial charge in [0.1, 0.15) is 11.6 Å². The van der Waals surface area contributed by atoms with Crippen LogP contribution in [-0.4, -0.2) is 12.0 Å². The molecule has 0 amide bonds. The lowest BCUT2D eigenvalue weighted by Crippen LogP contribution is -2.18. The van der Waals surface area contributed by atoms with Crippen LogP contribution in [0.4, 0.5) is 10.2 Å². The maximum absolute atomic E-state index is 13.5. The SMILES string of the molecule is CN(Cc1ccccc1F)c1cc(CN)ccn1.